The molecule has 1 aromatic rings. The summed E-state index contributed by atoms with van der Waals surface area (Å²) in [5.41, 5.74) is 6.21. The highest BCUT2D eigenvalue weighted by Crippen LogP contribution is 2.13. The number of benzene rings is 1. The summed E-state index contributed by atoms with van der Waals surface area (Å²) in [6.07, 6.45) is -2.55. The molecule has 0 unspecified atom stereocenters. The van der Waals surface area contributed by atoms with E-state index in [2.05, 4.69) is 0 Å². The van der Waals surface area contributed by atoms with Gasteiger partial charge in [-0.1, -0.05) is 12.2 Å². The van der Waals surface area contributed by atoms with E-state index in [0.717, 1.165) is 0 Å². The van der Waals surface area contributed by atoms with Gasteiger partial charge in [-0.3, -0.25) is 0 Å². The zero-order valence-corrected chi connectivity index (χ0v) is 9.07. The van der Waals surface area contributed by atoms with E-state index >= 15 is 0 Å². The van der Waals surface area contributed by atoms with Gasteiger partial charge in [0.2, 0.25) is 0 Å². The normalized spacial score (nSPS) is 10.8. The van der Waals surface area contributed by atoms with Crippen molar-refractivity contribution in [2.75, 3.05) is 6.61 Å². The number of hydrogen-bond acceptors (Lipinski definition) is 2. The van der Waals surface area contributed by atoms with E-state index in [9.17, 15) is 13.2 Å². The Morgan fingerprint density at radius 2 is 2.12 bits per heavy atom. The molecule has 0 heterocycles. The molecule has 0 aliphatic carbocycles. The van der Waals surface area contributed by atoms with Crippen LogP contribution in [-0.4, -0.2) is 18.0 Å². The van der Waals surface area contributed by atoms with Crippen molar-refractivity contribution < 1.29 is 17.9 Å². The minimum Gasteiger partial charge on any atom is -0.389 e. The molecule has 0 aliphatic rings. The Morgan fingerprint density at radius 3 is 2.69 bits per heavy atom. The van der Waals surface area contributed by atoms with Crippen LogP contribution in [-0.2, 0) is 11.3 Å². The number of nitrogens with two attached hydrogens (primary N) is 1. The second-order valence-electron chi connectivity index (χ2n) is 3.07. The third kappa shape index (κ3) is 3.79. The summed E-state index contributed by atoms with van der Waals surface area (Å²) < 4.78 is 41.3. The van der Waals surface area contributed by atoms with Gasteiger partial charge in [0.1, 0.15) is 17.4 Å². The van der Waals surface area contributed by atoms with Gasteiger partial charge < -0.3 is 10.5 Å². The van der Waals surface area contributed by atoms with Crippen LogP contribution in [0, 0.1) is 5.82 Å². The van der Waals surface area contributed by atoms with E-state index in [4.69, 9.17) is 22.7 Å². The molecular weight excluding hydrogens is 239 g/mol. The fraction of sp³-hybridized carbons (Fsp3) is 0.300. The van der Waals surface area contributed by atoms with E-state index < -0.39 is 18.8 Å². The Kier molecular flexibility index (Phi) is 4.70. The van der Waals surface area contributed by atoms with Crippen LogP contribution in [0.2, 0.25) is 0 Å². The van der Waals surface area contributed by atoms with E-state index in [-0.39, 0.29) is 11.6 Å². The van der Waals surface area contributed by atoms with Crippen LogP contribution in [0.25, 0.3) is 0 Å². The minimum atomic E-state index is -2.55. The average molecular weight is 249 g/mol. The molecule has 0 amide bonds. The molecule has 0 saturated heterocycles. The molecule has 0 aliphatic heterocycles. The Morgan fingerprint density at radius 1 is 1.44 bits per heavy atom. The molecule has 1 aromatic carbocycles. The highest BCUT2D eigenvalue weighted by Gasteiger charge is 2.08. The minimum absolute atomic E-state index is 0.0793. The van der Waals surface area contributed by atoms with Crippen molar-refractivity contribution in [3.63, 3.8) is 0 Å². The molecule has 1 rings (SSSR count). The second-order valence-corrected chi connectivity index (χ2v) is 3.51. The van der Waals surface area contributed by atoms with Gasteiger partial charge in [-0.25, -0.2) is 13.2 Å². The molecule has 0 saturated carbocycles. The highest BCUT2D eigenvalue weighted by molar-refractivity contribution is 7.80. The summed E-state index contributed by atoms with van der Waals surface area (Å²) in [5, 5.41) is 0. The van der Waals surface area contributed by atoms with E-state index in [1.165, 1.54) is 18.2 Å². The van der Waals surface area contributed by atoms with E-state index in [1.54, 1.807) is 0 Å². The first-order valence-electron chi connectivity index (χ1n) is 4.45. The summed E-state index contributed by atoms with van der Waals surface area (Å²) in [7, 11) is 0. The smallest absolute Gasteiger partial charge is 0.261 e. The van der Waals surface area contributed by atoms with Crippen molar-refractivity contribution >= 4 is 17.2 Å². The van der Waals surface area contributed by atoms with Crippen molar-refractivity contribution in [1.29, 1.82) is 0 Å². The fourth-order valence-corrected chi connectivity index (χ4v) is 1.38. The number of hydrogen-bond donors (Lipinski definition) is 1. The van der Waals surface area contributed by atoms with Gasteiger partial charge >= 0.3 is 0 Å². The van der Waals surface area contributed by atoms with Crippen molar-refractivity contribution in [2.45, 2.75) is 13.0 Å². The lowest BCUT2D eigenvalue weighted by Crippen LogP contribution is -2.14. The number of ether oxygens (including phenoxy) is 1. The average Bonchev–Trinajstić information content (AvgIpc) is 2.16. The van der Waals surface area contributed by atoms with Crippen LogP contribution in [0.5, 0.6) is 0 Å². The lowest BCUT2D eigenvalue weighted by atomic mass is 10.1. The third-order valence-corrected chi connectivity index (χ3v) is 2.05. The maximum absolute atomic E-state index is 12.9. The Bertz CT molecular complexity index is 384. The topological polar surface area (TPSA) is 35.2 Å². The number of thiocarbonyl (C=S) groups is 1. The van der Waals surface area contributed by atoms with Gasteiger partial charge in [-0.15, -0.1) is 0 Å². The van der Waals surface area contributed by atoms with Gasteiger partial charge in [0.15, 0.2) is 0 Å². The van der Waals surface area contributed by atoms with Crippen molar-refractivity contribution in [3.8, 4) is 0 Å². The largest absolute Gasteiger partial charge is 0.389 e. The zero-order chi connectivity index (χ0) is 12.1. The number of alkyl halides is 2. The SMILES string of the molecule is NC(=S)c1ccc(F)cc1COCC(F)F. The predicted octanol–water partition coefficient (Wildman–Crippen LogP) is 2.24. The summed E-state index contributed by atoms with van der Waals surface area (Å²) in [5.74, 6) is -0.490. The molecule has 88 valence electrons. The number of halogens is 3. The van der Waals surface area contributed by atoms with Gasteiger partial charge in [-0.05, 0) is 23.8 Å². The van der Waals surface area contributed by atoms with E-state index in [1.807, 2.05) is 0 Å². The van der Waals surface area contributed by atoms with Crippen LogP contribution >= 0.6 is 12.2 Å². The highest BCUT2D eigenvalue weighted by atomic mass is 32.1. The maximum atomic E-state index is 12.9. The first-order valence-corrected chi connectivity index (χ1v) is 4.85. The van der Waals surface area contributed by atoms with Crippen molar-refractivity contribution in [3.05, 3.63) is 35.1 Å². The van der Waals surface area contributed by atoms with Crippen LogP contribution < -0.4 is 5.73 Å². The van der Waals surface area contributed by atoms with Gasteiger partial charge in [-0.2, -0.15) is 0 Å². The predicted molar refractivity (Wildman–Crippen MR) is 57.9 cm³/mol. The molecule has 0 atom stereocenters. The Labute approximate surface area is 96.2 Å². The third-order valence-electron chi connectivity index (χ3n) is 1.83. The monoisotopic (exact) mass is 249 g/mol. The molecule has 2 nitrogen and oxygen atoms in total. The van der Waals surface area contributed by atoms with Gasteiger partial charge in [0.05, 0.1) is 6.61 Å². The van der Waals surface area contributed by atoms with Crippen molar-refractivity contribution in [2.24, 2.45) is 5.73 Å². The Balaban J connectivity index is 2.76. The van der Waals surface area contributed by atoms with Crippen LogP contribution in [0.1, 0.15) is 11.1 Å². The molecule has 16 heavy (non-hydrogen) atoms. The summed E-state index contributed by atoms with van der Waals surface area (Å²) in [4.78, 5) is 0.0793. The lowest BCUT2D eigenvalue weighted by Gasteiger charge is -2.09. The zero-order valence-electron chi connectivity index (χ0n) is 8.25. The molecule has 0 spiro atoms. The van der Waals surface area contributed by atoms with E-state index in [0.29, 0.717) is 11.1 Å². The second kappa shape index (κ2) is 5.81. The lowest BCUT2D eigenvalue weighted by molar-refractivity contribution is 0.00978. The molecule has 2 N–H and O–H groups in total. The first-order chi connectivity index (χ1) is 7.50. The quantitative estimate of drug-likeness (QED) is 0.813. The molecular formula is C10H10F3NOS. The van der Waals surface area contributed by atoms with Gasteiger partial charge in [0, 0.05) is 5.56 Å². The van der Waals surface area contributed by atoms with Crippen molar-refractivity contribution in [1.82, 2.24) is 0 Å². The van der Waals surface area contributed by atoms with Crippen LogP contribution in [0.4, 0.5) is 13.2 Å². The molecule has 0 aromatic heterocycles. The number of rotatable bonds is 5. The van der Waals surface area contributed by atoms with Gasteiger partial charge in [0.25, 0.3) is 6.43 Å². The molecule has 0 fully saturated rings. The maximum Gasteiger partial charge on any atom is 0.261 e. The first kappa shape index (κ1) is 12.9. The van der Waals surface area contributed by atoms with Crippen LogP contribution in [0.15, 0.2) is 18.2 Å². The molecule has 0 bridgehead atoms. The standard InChI is InChI=1S/C10H10F3NOS/c11-7-1-2-8(10(14)16)6(3-7)4-15-5-9(12)13/h1-3,9H,4-5H2,(H2,14,16). The summed E-state index contributed by atoms with van der Waals surface area (Å²) in [6, 6.07) is 3.77. The summed E-state index contributed by atoms with van der Waals surface area (Å²) >= 11 is 4.75. The molecule has 0 radical (unpaired) electrons. The Hall–Kier alpha value is -1.14. The summed E-state index contributed by atoms with van der Waals surface area (Å²) in [6.45, 7) is -0.845. The van der Waals surface area contributed by atoms with Crippen LogP contribution in [0.3, 0.4) is 0 Å². The fourth-order valence-electron chi connectivity index (χ4n) is 1.18. The molecule has 6 heteroatoms.